The molecule has 128 valence electrons. The van der Waals surface area contributed by atoms with Crippen molar-refractivity contribution in [2.45, 2.75) is 60.1 Å². The molecule has 2 aromatic rings. The maximum atomic E-state index is 6.02. The van der Waals surface area contributed by atoms with E-state index in [-0.39, 0.29) is 12.4 Å². The van der Waals surface area contributed by atoms with Crippen molar-refractivity contribution in [1.82, 2.24) is 9.78 Å². The average Bonchev–Trinajstić information content (AvgIpc) is 2.86. The molecule has 2 rings (SSSR count). The minimum absolute atomic E-state index is 0. The third kappa shape index (κ3) is 6.66. The molecule has 0 saturated carbocycles. The van der Waals surface area contributed by atoms with Crippen molar-refractivity contribution in [1.29, 1.82) is 0 Å². The van der Waals surface area contributed by atoms with E-state index in [0.29, 0.717) is 12.0 Å². The van der Waals surface area contributed by atoms with Crippen molar-refractivity contribution in [2.75, 3.05) is 0 Å². The monoisotopic (exact) mass is 336 g/mol. The maximum Gasteiger partial charge on any atom is 0.212 e. The van der Waals surface area contributed by atoms with Crippen LogP contribution in [0.2, 0.25) is 0 Å². The molecule has 0 N–H and O–H groups in total. The van der Waals surface area contributed by atoms with Crippen LogP contribution in [0.3, 0.4) is 0 Å². The van der Waals surface area contributed by atoms with E-state index in [9.17, 15) is 0 Å². The van der Waals surface area contributed by atoms with Crippen LogP contribution in [0.4, 0.5) is 0 Å². The second-order valence-corrected chi connectivity index (χ2v) is 7.03. The van der Waals surface area contributed by atoms with Crippen molar-refractivity contribution in [2.24, 2.45) is 5.41 Å². The third-order valence-electron chi connectivity index (χ3n) is 3.60. The summed E-state index contributed by atoms with van der Waals surface area (Å²) in [6, 6.07) is 12.4. The van der Waals surface area contributed by atoms with E-state index in [1.807, 2.05) is 22.9 Å². The fourth-order valence-corrected chi connectivity index (χ4v) is 2.28. The summed E-state index contributed by atoms with van der Waals surface area (Å²) in [5, 5.41) is 4.71. The molecular weight excluding hydrogens is 308 g/mol. The van der Waals surface area contributed by atoms with Gasteiger partial charge < -0.3 is 4.74 Å². The van der Waals surface area contributed by atoms with Crippen LogP contribution in [0.5, 0.6) is 5.88 Å². The fourth-order valence-electron chi connectivity index (χ4n) is 2.28. The van der Waals surface area contributed by atoms with E-state index in [2.05, 4.69) is 45.9 Å². The second-order valence-electron chi connectivity index (χ2n) is 7.03. The topological polar surface area (TPSA) is 27.1 Å². The molecule has 0 amide bonds. The van der Waals surface area contributed by atoms with Crippen LogP contribution in [0.15, 0.2) is 36.4 Å². The number of aromatic nitrogens is 2. The van der Waals surface area contributed by atoms with Crippen LogP contribution < -0.4 is 4.74 Å². The van der Waals surface area contributed by atoms with Crippen molar-refractivity contribution >= 4 is 12.4 Å². The molecule has 1 heterocycles. The Morgan fingerprint density at radius 1 is 1.13 bits per heavy atom. The van der Waals surface area contributed by atoms with Gasteiger partial charge in [0.05, 0.1) is 5.69 Å². The Balaban J connectivity index is 0.00000264. The van der Waals surface area contributed by atoms with Crippen LogP contribution in [0.1, 0.15) is 51.8 Å². The van der Waals surface area contributed by atoms with Gasteiger partial charge in [0.2, 0.25) is 5.88 Å². The summed E-state index contributed by atoms with van der Waals surface area (Å²) in [5.41, 5.74) is 2.61. The van der Waals surface area contributed by atoms with E-state index >= 15 is 0 Å². The van der Waals surface area contributed by atoms with Crippen LogP contribution in [-0.4, -0.2) is 9.78 Å². The highest BCUT2D eigenvalue weighted by Gasteiger charge is 2.14. The first kappa shape index (κ1) is 19.6. The van der Waals surface area contributed by atoms with Crippen LogP contribution in [-0.2, 0) is 19.6 Å². The molecule has 4 heteroatoms. The van der Waals surface area contributed by atoms with E-state index in [1.54, 1.807) is 0 Å². The van der Waals surface area contributed by atoms with E-state index in [0.717, 1.165) is 37.4 Å². The zero-order chi connectivity index (χ0) is 16.0. The highest BCUT2D eigenvalue weighted by molar-refractivity contribution is 5.85. The van der Waals surface area contributed by atoms with E-state index in [4.69, 9.17) is 9.84 Å². The van der Waals surface area contributed by atoms with Crippen LogP contribution in [0, 0.1) is 5.41 Å². The molecule has 3 nitrogen and oxygen atoms in total. The summed E-state index contributed by atoms with van der Waals surface area (Å²) in [4.78, 5) is 0. The number of ether oxygens (including phenoxy) is 1. The smallest absolute Gasteiger partial charge is 0.212 e. The van der Waals surface area contributed by atoms with Gasteiger partial charge in [0.25, 0.3) is 0 Å². The Hall–Kier alpha value is -1.48. The Bertz CT molecular complexity index is 573. The van der Waals surface area contributed by atoms with Crippen molar-refractivity contribution in [3.63, 3.8) is 0 Å². The SMILES string of the molecule is CCCc1cc(OCc2ccccc2)n(CCC(C)(C)C)n1.Cl. The molecule has 0 spiro atoms. The van der Waals surface area contributed by atoms with Gasteiger partial charge in [-0.15, -0.1) is 12.4 Å². The molecule has 0 fully saturated rings. The lowest BCUT2D eigenvalue weighted by Gasteiger charge is -2.18. The van der Waals surface area contributed by atoms with Crippen LogP contribution >= 0.6 is 12.4 Å². The molecule has 0 unspecified atom stereocenters. The summed E-state index contributed by atoms with van der Waals surface area (Å²) < 4.78 is 8.04. The molecule has 0 atom stereocenters. The Labute approximate surface area is 146 Å². The molecule has 0 bridgehead atoms. The maximum absolute atomic E-state index is 6.02. The fraction of sp³-hybridized carbons (Fsp3) is 0.526. The normalized spacial score (nSPS) is 11.1. The summed E-state index contributed by atoms with van der Waals surface area (Å²) in [6.45, 7) is 10.4. The minimum Gasteiger partial charge on any atom is -0.473 e. The molecule has 0 aliphatic heterocycles. The predicted molar refractivity (Wildman–Crippen MR) is 98.3 cm³/mol. The van der Waals surface area contributed by atoms with Crippen molar-refractivity contribution in [3.05, 3.63) is 47.7 Å². The Morgan fingerprint density at radius 2 is 1.83 bits per heavy atom. The summed E-state index contributed by atoms with van der Waals surface area (Å²) in [7, 11) is 0. The number of benzene rings is 1. The van der Waals surface area contributed by atoms with Gasteiger partial charge in [0.1, 0.15) is 6.61 Å². The average molecular weight is 337 g/mol. The number of rotatable bonds is 7. The molecular formula is C19H29ClN2O. The first-order valence-corrected chi connectivity index (χ1v) is 8.21. The molecule has 1 aromatic heterocycles. The molecule has 0 aliphatic carbocycles. The third-order valence-corrected chi connectivity index (χ3v) is 3.60. The zero-order valence-electron chi connectivity index (χ0n) is 14.7. The Kier molecular flexibility index (Phi) is 7.63. The quantitative estimate of drug-likeness (QED) is 0.688. The van der Waals surface area contributed by atoms with Gasteiger partial charge in [-0.25, -0.2) is 4.68 Å². The number of hydrogen-bond acceptors (Lipinski definition) is 2. The summed E-state index contributed by atoms with van der Waals surface area (Å²) in [5.74, 6) is 0.886. The predicted octanol–water partition coefficient (Wildman–Crippen LogP) is 5.27. The van der Waals surface area contributed by atoms with Gasteiger partial charge >= 0.3 is 0 Å². The van der Waals surface area contributed by atoms with E-state index < -0.39 is 0 Å². The molecule has 0 aliphatic rings. The van der Waals surface area contributed by atoms with Crippen molar-refractivity contribution < 1.29 is 4.74 Å². The second kappa shape index (κ2) is 8.97. The number of nitrogens with zero attached hydrogens (tertiary/aromatic N) is 2. The van der Waals surface area contributed by atoms with Gasteiger partial charge in [0, 0.05) is 12.6 Å². The number of halogens is 1. The Morgan fingerprint density at radius 3 is 2.43 bits per heavy atom. The first-order valence-electron chi connectivity index (χ1n) is 8.21. The van der Waals surface area contributed by atoms with Gasteiger partial charge in [0.15, 0.2) is 0 Å². The molecule has 0 radical (unpaired) electrons. The summed E-state index contributed by atoms with van der Waals surface area (Å²) >= 11 is 0. The van der Waals surface area contributed by atoms with Gasteiger partial charge in [-0.05, 0) is 23.8 Å². The van der Waals surface area contributed by atoms with E-state index in [1.165, 1.54) is 5.56 Å². The van der Waals surface area contributed by atoms with Gasteiger partial charge in [-0.3, -0.25) is 0 Å². The largest absolute Gasteiger partial charge is 0.473 e. The first-order chi connectivity index (χ1) is 10.5. The van der Waals surface area contributed by atoms with Gasteiger partial charge in [-0.1, -0.05) is 64.4 Å². The lowest BCUT2D eigenvalue weighted by molar-refractivity contribution is 0.258. The minimum atomic E-state index is 0. The molecule has 1 aromatic carbocycles. The number of hydrogen-bond donors (Lipinski definition) is 0. The van der Waals surface area contributed by atoms with Crippen molar-refractivity contribution in [3.8, 4) is 5.88 Å². The van der Waals surface area contributed by atoms with Gasteiger partial charge in [-0.2, -0.15) is 5.10 Å². The molecule has 23 heavy (non-hydrogen) atoms. The molecule has 0 saturated heterocycles. The summed E-state index contributed by atoms with van der Waals surface area (Å²) in [6.07, 6.45) is 3.20. The van der Waals surface area contributed by atoms with Crippen LogP contribution in [0.25, 0.3) is 0 Å². The highest BCUT2D eigenvalue weighted by Crippen LogP contribution is 2.23. The number of aryl methyl sites for hydroxylation is 2. The highest BCUT2D eigenvalue weighted by atomic mass is 35.5. The zero-order valence-corrected chi connectivity index (χ0v) is 15.5. The lowest BCUT2D eigenvalue weighted by atomic mass is 9.92. The standard InChI is InChI=1S/C19H28N2O.ClH/c1-5-9-17-14-18(21(20-17)13-12-19(2,3)4)22-15-16-10-7-6-8-11-16;/h6-8,10-11,14H,5,9,12-13,15H2,1-4H3;1H. The lowest BCUT2D eigenvalue weighted by Crippen LogP contribution is -2.13.